The highest BCUT2D eigenvalue weighted by Gasteiger charge is 2.26. The van der Waals surface area contributed by atoms with Crippen molar-refractivity contribution in [1.82, 2.24) is 4.98 Å². The first-order chi connectivity index (χ1) is 13.8. The first kappa shape index (κ1) is 20.4. The Labute approximate surface area is 174 Å². The third-order valence-corrected chi connectivity index (χ3v) is 4.83. The number of hydrogen-bond donors (Lipinski definition) is 1. The molecule has 0 fully saturated rings. The van der Waals surface area contributed by atoms with Gasteiger partial charge in [-0.3, -0.25) is 20.2 Å². The minimum absolute atomic E-state index is 0.108. The lowest BCUT2D eigenvalue weighted by atomic mass is 10.2. The van der Waals surface area contributed by atoms with E-state index in [0.717, 1.165) is 11.6 Å². The molecule has 8 nitrogen and oxygen atoms in total. The number of amides is 1. The Morgan fingerprint density at radius 1 is 1.24 bits per heavy atom. The van der Waals surface area contributed by atoms with Gasteiger partial charge in [0.05, 0.1) is 10.6 Å². The molecule has 148 valence electrons. The first-order valence-corrected chi connectivity index (χ1v) is 9.57. The van der Waals surface area contributed by atoms with Crippen molar-refractivity contribution in [3.05, 3.63) is 74.6 Å². The third-order valence-electron chi connectivity index (χ3n) is 3.83. The van der Waals surface area contributed by atoms with Crippen molar-refractivity contribution >= 4 is 45.6 Å². The van der Waals surface area contributed by atoms with E-state index in [1.807, 2.05) is 30.3 Å². The largest absolute Gasteiger partial charge is 0.449 e. The lowest BCUT2D eigenvalue weighted by Gasteiger charge is -2.12. The molecular weight excluding hydrogens is 418 g/mol. The van der Waals surface area contributed by atoms with Gasteiger partial charge < -0.3 is 4.74 Å². The molecule has 0 saturated carbocycles. The maximum absolute atomic E-state index is 12.3. The van der Waals surface area contributed by atoms with E-state index in [1.165, 1.54) is 30.4 Å². The van der Waals surface area contributed by atoms with Gasteiger partial charge in [0.2, 0.25) is 0 Å². The zero-order chi connectivity index (χ0) is 21.0. The van der Waals surface area contributed by atoms with Crippen LogP contribution < -0.4 is 5.32 Å². The highest BCUT2D eigenvalue weighted by Crippen LogP contribution is 2.26. The lowest BCUT2D eigenvalue weighted by Crippen LogP contribution is -2.30. The molecule has 3 rings (SSSR count). The summed E-state index contributed by atoms with van der Waals surface area (Å²) in [6.07, 6.45) is -1.19. The van der Waals surface area contributed by atoms with Gasteiger partial charge in [0.15, 0.2) is 11.2 Å². The summed E-state index contributed by atoms with van der Waals surface area (Å²) in [6, 6.07) is 13.0. The van der Waals surface area contributed by atoms with Crippen LogP contribution in [0.2, 0.25) is 5.02 Å². The number of halogens is 1. The number of nitro groups is 1. The highest BCUT2D eigenvalue weighted by atomic mass is 35.5. The van der Waals surface area contributed by atoms with Crippen LogP contribution in [0.5, 0.6) is 0 Å². The average Bonchev–Trinajstić information content (AvgIpc) is 3.16. The van der Waals surface area contributed by atoms with Crippen LogP contribution in [0.25, 0.3) is 11.3 Å². The van der Waals surface area contributed by atoms with Crippen molar-refractivity contribution in [2.75, 3.05) is 5.32 Å². The summed E-state index contributed by atoms with van der Waals surface area (Å²) in [5, 5.41) is 15.9. The number of carbonyl (C=O) groups is 2. The normalized spacial score (nSPS) is 11.5. The monoisotopic (exact) mass is 431 g/mol. The Morgan fingerprint density at radius 3 is 2.66 bits per heavy atom. The number of nitrogens with one attached hydrogen (secondary N) is 1. The number of rotatable bonds is 6. The SMILES string of the molecule is CC(OC(=O)c1ccc(Cl)cc1[N+](=O)[O-])C(=O)Nc1nc(-c2ccccc2)cs1. The van der Waals surface area contributed by atoms with Crippen LogP contribution in [0.1, 0.15) is 17.3 Å². The smallest absolute Gasteiger partial charge is 0.345 e. The third kappa shape index (κ3) is 4.95. The van der Waals surface area contributed by atoms with Crippen molar-refractivity contribution in [3.63, 3.8) is 0 Å². The number of aromatic nitrogens is 1. The van der Waals surface area contributed by atoms with Crippen LogP contribution in [0.4, 0.5) is 10.8 Å². The molecule has 0 aliphatic rings. The minimum Gasteiger partial charge on any atom is -0.449 e. The predicted molar refractivity (Wildman–Crippen MR) is 109 cm³/mol. The number of anilines is 1. The topological polar surface area (TPSA) is 111 Å². The highest BCUT2D eigenvalue weighted by molar-refractivity contribution is 7.14. The summed E-state index contributed by atoms with van der Waals surface area (Å²) in [7, 11) is 0. The van der Waals surface area contributed by atoms with Crippen molar-refractivity contribution in [2.24, 2.45) is 0 Å². The van der Waals surface area contributed by atoms with Crippen LogP contribution in [-0.4, -0.2) is 27.9 Å². The van der Waals surface area contributed by atoms with E-state index in [2.05, 4.69) is 10.3 Å². The zero-order valence-electron chi connectivity index (χ0n) is 15.0. The molecule has 1 N–H and O–H groups in total. The fourth-order valence-corrected chi connectivity index (χ4v) is 3.27. The lowest BCUT2D eigenvalue weighted by molar-refractivity contribution is -0.385. The van der Waals surface area contributed by atoms with E-state index < -0.39 is 28.6 Å². The van der Waals surface area contributed by atoms with Crippen LogP contribution in [0, 0.1) is 10.1 Å². The van der Waals surface area contributed by atoms with E-state index in [4.69, 9.17) is 16.3 Å². The molecule has 1 atom stereocenters. The van der Waals surface area contributed by atoms with E-state index in [-0.39, 0.29) is 10.6 Å². The van der Waals surface area contributed by atoms with Gasteiger partial charge in [0.25, 0.3) is 11.6 Å². The Bertz CT molecular complexity index is 1070. The second-order valence-corrected chi connectivity index (χ2v) is 7.15. The van der Waals surface area contributed by atoms with Crippen LogP contribution in [0.15, 0.2) is 53.9 Å². The first-order valence-electron chi connectivity index (χ1n) is 8.32. The van der Waals surface area contributed by atoms with Gasteiger partial charge in [-0.1, -0.05) is 41.9 Å². The molecule has 0 bridgehead atoms. The molecule has 0 aliphatic heterocycles. The number of nitrogens with zero attached hydrogens (tertiary/aromatic N) is 2. The summed E-state index contributed by atoms with van der Waals surface area (Å²) in [5.74, 6) is -1.61. The molecule has 2 aromatic carbocycles. The summed E-state index contributed by atoms with van der Waals surface area (Å²) in [5.41, 5.74) is 0.813. The fraction of sp³-hybridized carbons (Fsp3) is 0.105. The maximum Gasteiger partial charge on any atom is 0.345 e. The molecule has 1 heterocycles. The second kappa shape index (κ2) is 8.80. The van der Waals surface area contributed by atoms with Gasteiger partial charge in [-0.2, -0.15) is 0 Å². The van der Waals surface area contributed by atoms with Gasteiger partial charge in [0.1, 0.15) is 5.56 Å². The number of esters is 1. The van der Waals surface area contributed by atoms with Gasteiger partial charge in [-0.05, 0) is 19.1 Å². The Kier molecular flexibility index (Phi) is 6.20. The fourth-order valence-electron chi connectivity index (χ4n) is 2.39. The van der Waals surface area contributed by atoms with Crippen molar-refractivity contribution < 1.29 is 19.2 Å². The summed E-state index contributed by atoms with van der Waals surface area (Å²) < 4.78 is 5.07. The van der Waals surface area contributed by atoms with Crippen LogP contribution in [-0.2, 0) is 9.53 Å². The minimum atomic E-state index is -1.19. The number of hydrogen-bond acceptors (Lipinski definition) is 7. The molecule has 29 heavy (non-hydrogen) atoms. The van der Waals surface area contributed by atoms with Crippen molar-refractivity contribution in [1.29, 1.82) is 0 Å². The number of nitro benzene ring substituents is 1. The molecule has 0 spiro atoms. The van der Waals surface area contributed by atoms with Crippen LogP contribution >= 0.6 is 22.9 Å². The summed E-state index contributed by atoms with van der Waals surface area (Å²) in [6.45, 7) is 1.36. The van der Waals surface area contributed by atoms with Gasteiger partial charge in [-0.25, -0.2) is 9.78 Å². The van der Waals surface area contributed by atoms with E-state index in [1.54, 1.807) is 5.38 Å². The standard InChI is InChI=1S/C19H14ClN3O5S/c1-11(28-18(25)14-8-7-13(20)9-16(14)23(26)27)17(24)22-19-21-15(10-29-19)12-5-3-2-4-6-12/h2-11H,1H3,(H,21,22,24). The Morgan fingerprint density at radius 2 is 1.97 bits per heavy atom. The summed E-state index contributed by atoms with van der Waals surface area (Å²) >= 11 is 6.96. The molecule has 3 aromatic rings. The molecule has 10 heteroatoms. The Hall–Kier alpha value is -3.30. The molecule has 1 unspecified atom stereocenters. The zero-order valence-corrected chi connectivity index (χ0v) is 16.6. The van der Waals surface area contributed by atoms with E-state index >= 15 is 0 Å². The van der Waals surface area contributed by atoms with Crippen molar-refractivity contribution in [3.8, 4) is 11.3 Å². The number of carbonyl (C=O) groups excluding carboxylic acids is 2. The van der Waals surface area contributed by atoms with Gasteiger partial charge >= 0.3 is 5.97 Å². The van der Waals surface area contributed by atoms with E-state index in [9.17, 15) is 19.7 Å². The van der Waals surface area contributed by atoms with Gasteiger partial charge in [-0.15, -0.1) is 11.3 Å². The number of ether oxygens (including phenoxy) is 1. The molecule has 0 radical (unpaired) electrons. The molecule has 1 amide bonds. The average molecular weight is 432 g/mol. The number of thiazole rings is 1. The predicted octanol–water partition coefficient (Wildman–Crippen LogP) is 4.56. The molecule has 0 aliphatic carbocycles. The second-order valence-electron chi connectivity index (χ2n) is 5.86. The van der Waals surface area contributed by atoms with Gasteiger partial charge in [0, 0.05) is 22.0 Å². The van der Waals surface area contributed by atoms with E-state index in [0.29, 0.717) is 10.8 Å². The molecular formula is C19H14ClN3O5S. The molecule has 0 saturated heterocycles. The molecule has 1 aromatic heterocycles. The van der Waals surface area contributed by atoms with Crippen molar-refractivity contribution in [2.45, 2.75) is 13.0 Å². The Balaban J connectivity index is 1.66. The maximum atomic E-state index is 12.3. The quantitative estimate of drug-likeness (QED) is 0.348. The summed E-state index contributed by atoms with van der Waals surface area (Å²) in [4.78, 5) is 39.3. The van der Waals surface area contributed by atoms with Crippen LogP contribution in [0.3, 0.4) is 0 Å². The number of benzene rings is 2.